The first-order valence-electron chi connectivity index (χ1n) is 8.88. The predicted molar refractivity (Wildman–Crippen MR) is 101 cm³/mol. The minimum Gasteiger partial charge on any atom is -0.340 e. The second-order valence-corrected chi connectivity index (χ2v) is 7.63. The summed E-state index contributed by atoms with van der Waals surface area (Å²) >= 11 is 1.85. The summed E-state index contributed by atoms with van der Waals surface area (Å²) in [5.74, 6) is 2.05. The van der Waals surface area contributed by atoms with Crippen molar-refractivity contribution in [3.8, 4) is 0 Å². The van der Waals surface area contributed by atoms with E-state index in [4.69, 9.17) is 0 Å². The Morgan fingerprint density at radius 1 is 1.08 bits per heavy atom. The zero-order chi connectivity index (χ0) is 17.1. The molecule has 1 aromatic heterocycles. The molecule has 1 aromatic carbocycles. The number of hydrogen-bond acceptors (Lipinski definition) is 5. The number of amides is 1. The van der Waals surface area contributed by atoms with Gasteiger partial charge in [0.1, 0.15) is 0 Å². The molecule has 0 radical (unpaired) electrons. The summed E-state index contributed by atoms with van der Waals surface area (Å²) in [6.07, 6.45) is 6.49. The maximum atomic E-state index is 13.3. The molecule has 1 amide bonds. The SMILES string of the molecule is O=C(C1CCCN(c2ncccn2)C1)N1CCCSc2ccccc21. The first kappa shape index (κ1) is 16.4. The largest absolute Gasteiger partial charge is 0.340 e. The van der Waals surface area contributed by atoms with E-state index in [0.717, 1.165) is 49.7 Å². The molecule has 5 nitrogen and oxygen atoms in total. The molecule has 25 heavy (non-hydrogen) atoms. The normalized spacial score (nSPS) is 20.7. The van der Waals surface area contributed by atoms with E-state index in [0.29, 0.717) is 6.54 Å². The average molecular weight is 354 g/mol. The first-order valence-corrected chi connectivity index (χ1v) is 9.86. The number of fused-ring (bicyclic) bond motifs is 1. The number of aromatic nitrogens is 2. The number of carbonyl (C=O) groups is 1. The van der Waals surface area contributed by atoms with E-state index >= 15 is 0 Å². The fourth-order valence-electron chi connectivity index (χ4n) is 3.59. The molecule has 1 fully saturated rings. The van der Waals surface area contributed by atoms with Crippen molar-refractivity contribution in [1.82, 2.24) is 9.97 Å². The van der Waals surface area contributed by atoms with Gasteiger partial charge in [-0.25, -0.2) is 9.97 Å². The number of carbonyl (C=O) groups excluding carboxylic acids is 1. The third-order valence-electron chi connectivity index (χ3n) is 4.81. The van der Waals surface area contributed by atoms with Gasteiger partial charge < -0.3 is 9.80 Å². The summed E-state index contributed by atoms with van der Waals surface area (Å²) in [5, 5.41) is 0. The van der Waals surface area contributed by atoms with Crippen molar-refractivity contribution in [1.29, 1.82) is 0 Å². The molecule has 6 heteroatoms. The summed E-state index contributed by atoms with van der Waals surface area (Å²) in [6, 6.07) is 10.1. The van der Waals surface area contributed by atoms with Crippen molar-refractivity contribution >= 4 is 29.3 Å². The van der Waals surface area contributed by atoms with Gasteiger partial charge >= 0.3 is 0 Å². The molecular weight excluding hydrogens is 332 g/mol. The van der Waals surface area contributed by atoms with Gasteiger partial charge in [-0.1, -0.05) is 12.1 Å². The molecule has 1 atom stereocenters. The van der Waals surface area contributed by atoms with Gasteiger partial charge in [-0.05, 0) is 43.2 Å². The molecule has 0 spiro atoms. The molecule has 4 rings (SSSR count). The van der Waals surface area contributed by atoms with Crippen LogP contribution in [0.1, 0.15) is 19.3 Å². The van der Waals surface area contributed by atoms with Crippen LogP contribution in [0.3, 0.4) is 0 Å². The van der Waals surface area contributed by atoms with Gasteiger partial charge in [-0.2, -0.15) is 0 Å². The molecule has 0 N–H and O–H groups in total. The lowest BCUT2D eigenvalue weighted by atomic mass is 9.96. The van der Waals surface area contributed by atoms with Crippen LogP contribution in [0.25, 0.3) is 0 Å². The number of hydrogen-bond donors (Lipinski definition) is 0. The van der Waals surface area contributed by atoms with Crippen LogP contribution < -0.4 is 9.80 Å². The molecule has 1 unspecified atom stereocenters. The Kier molecular flexibility index (Phi) is 4.88. The van der Waals surface area contributed by atoms with Crippen molar-refractivity contribution in [2.75, 3.05) is 35.2 Å². The van der Waals surface area contributed by atoms with Gasteiger partial charge in [-0.3, -0.25) is 4.79 Å². The van der Waals surface area contributed by atoms with Crippen LogP contribution >= 0.6 is 11.8 Å². The molecule has 130 valence electrons. The maximum Gasteiger partial charge on any atom is 0.231 e. The lowest BCUT2D eigenvalue weighted by molar-refractivity contribution is -0.122. The highest BCUT2D eigenvalue weighted by Crippen LogP contribution is 2.35. The highest BCUT2D eigenvalue weighted by Gasteiger charge is 2.32. The molecule has 0 saturated carbocycles. The standard InChI is InChI=1S/C19H22N4OS/c24-18(23-12-5-13-25-17-8-2-1-7-16(17)23)15-6-3-11-22(14-15)19-20-9-4-10-21-19/h1-2,4,7-10,15H,3,5-6,11-14H2. The highest BCUT2D eigenvalue weighted by molar-refractivity contribution is 7.99. The summed E-state index contributed by atoms with van der Waals surface area (Å²) in [4.78, 5) is 27.4. The summed E-state index contributed by atoms with van der Waals surface area (Å²) in [7, 11) is 0. The van der Waals surface area contributed by atoms with E-state index in [2.05, 4.69) is 33.1 Å². The van der Waals surface area contributed by atoms with Gasteiger partial charge in [0.25, 0.3) is 0 Å². The van der Waals surface area contributed by atoms with Crippen LogP contribution in [0.5, 0.6) is 0 Å². The van der Waals surface area contributed by atoms with Crippen LogP contribution in [-0.2, 0) is 4.79 Å². The van der Waals surface area contributed by atoms with Gasteiger partial charge in [0.15, 0.2) is 0 Å². The monoisotopic (exact) mass is 354 g/mol. The van der Waals surface area contributed by atoms with Gasteiger partial charge in [0.05, 0.1) is 11.6 Å². The smallest absolute Gasteiger partial charge is 0.231 e. The molecule has 0 bridgehead atoms. The molecular formula is C19H22N4OS. The number of piperidine rings is 1. The zero-order valence-corrected chi connectivity index (χ0v) is 15.0. The Labute approximate surface area is 152 Å². The first-order chi connectivity index (χ1) is 12.3. The third kappa shape index (κ3) is 3.49. The molecule has 3 heterocycles. The number of thioether (sulfide) groups is 1. The van der Waals surface area contributed by atoms with Crippen LogP contribution in [-0.4, -0.2) is 41.3 Å². The fraction of sp³-hybridized carbons (Fsp3) is 0.421. The van der Waals surface area contributed by atoms with E-state index in [-0.39, 0.29) is 11.8 Å². The molecule has 0 aliphatic carbocycles. The Hall–Kier alpha value is -2.08. The van der Waals surface area contributed by atoms with Gasteiger partial charge in [0.2, 0.25) is 11.9 Å². The number of benzene rings is 1. The van der Waals surface area contributed by atoms with Crippen LogP contribution in [0.4, 0.5) is 11.6 Å². The minimum atomic E-state index is 0.00807. The third-order valence-corrected chi connectivity index (χ3v) is 5.96. The Bertz CT molecular complexity index is 739. The van der Waals surface area contributed by atoms with E-state index in [1.165, 1.54) is 4.90 Å². The number of rotatable bonds is 2. The van der Waals surface area contributed by atoms with Crippen molar-refractivity contribution in [2.45, 2.75) is 24.2 Å². The topological polar surface area (TPSA) is 49.3 Å². The van der Waals surface area contributed by atoms with Crippen molar-refractivity contribution < 1.29 is 4.79 Å². The number of anilines is 2. The van der Waals surface area contributed by atoms with Crippen LogP contribution in [0.2, 0.25) is 0 Å². The van der Waals surface area contributed by atoms with E-state index < -0.39 is 0 Å². The highest BCUT2D eigenvalue weighted by atomic mass is 32.2. The molecule has 1 saturated heterocycles. The Morgan fingerprint density at radius 3 is 2.80 bits per heavy atom. The molecule has 2 aliphatic heterocycles. The summed E-state index contributed by atoms with van der Waals surface area (Å²) in [5.41, 5.74) is 1.07. The van der Waals surface area contributed by atoms with Crippen LogP contribution in [0, 0.1) is 5.92 Å². The Morgan fingerprint density at radius 2 is 1.92 bits per heavy atom. The predicted octanol–water partition coefficient (Wildman–Crippen LogP) is 3.22. The van der Waals surface area contributed by atoms with Gasteiger partial charge in [-0.15, -0.1) is 11.8 Å². The maximum absolute atomic E-state index is 13.3. The van der Waals surface area contributed by atoms with E-state index in [1.807, 2.05) is 28.8 Å². The van der Waals surface area contributed by atoms with E-state index in [9.17, 15) is 4.79 Å². The van der Waals surface area contributed by atoms with Gasteiger partial charge in [0, 0.05) is 36.9 Å². The summed E-state index contributed by atoms with van der Waals surface area (Å²) < 4.78 is 0. The Balaban J connectivity index is 1.54. The van der Waals surface area contributed by atoms with Crippen LogP contribution in [0.15, 0.2) is 47.6 Å². The second-order valence-electron chi connectivity index (χ2n) is 6.49. The van der Waals surface area contributed by atoms with E-state index in [1.54, 1.807) is 12.4 Å². The molecule has 2 aliphatic rings. The quantitative estimate of drug-likeness (QED) is 0.829. The minimum absolute atomic E-state index is 0.00807. The van der Waals surface area contributed by atoms with Crippen molar-refractivity contribution in [2.24, 2.45) is 5.92 Å². The van der Waals surface area contributed by atoms with Crippen molar-refractivity contribution in [3.63, 3.8) is 0 Å². The second kappa shape index (κ2) is 7.44. The average Bonchev–Trinajstić information content (AvgIpc) is 2.91. The number of nitrogens with zero attached hydrogens (tertiary/aromatic N) is 4. The lowest BCUT2D eigenvalue weighted by Gasteiger charge is -2.35. The molecule has 2 aromatic rings. The number of para-hydroxylation sites is 1. The summed E-state index contributed by atoms with van der Waals surface area (Å²) in [6.45, 7) is 2.43. The fourth-order valence-corrected chi connectivity index (χ4v) is 4.59. The lowest BCUT2D eigenvalue weighted by Crippen LogP contribution is -2.45. The zero-order valence-electron chi connectivity index (χ0n) is 14.2. The van der Waals surface area contributed by atoms with Crippen molar-refractivity contribution in [3.05, 3.63) is 42.7 Å².